The van der Waals surface area contributed by atoms with Crippen molar-refractivity contribution in [1.29, 1.82) is 0 Å². The Labute approximate surface area is 63.2 Å². The molecule has 11 heavy (non-hydrogen) atoms. The first kappa shape index (κ1) is 7.78. The molecule has 0 aliphatic carbocycles. The zero-order valence-electron chi connectivity index (χ0n) is 6.22. The number of Topliss-reactive ketones (excluding diaryl/α,β-unsaturated/α-hetero) is 1. The standard InChI is InChI=1S/C7H9NO3/c1-2-5(9)3-6-4-7(10)8-11-6/h4H,2-3H2,1H3,(H,8,10). The molecule has 0 radical (unpaired) electrons. The Hall–Kier alpha value is -1.32. The highest BCUT2D eigenvalue weighted by Gasteiger charge is 2.04. The number of aromatic amines is 1. The minimum absolute atomic E-state index is 0.0627. The summed E-state index contributed by atoms with van der Waals surface area (Å²) in [4.78, 5) is 21.3. The van der Waals surface area contributed by atoms with Crippen LogP contribution in [0.15, 0.2) is 15.4 Å². The van der Waals surface area contributed by atoms with E-state index in [9.17, 15) is 9.59 Å². The topological polar surface area (TPSA) is 63.1 Å². The second kappa shape index (κ2) is 3.18. The molecular formula is C7H9NO3. The van der Waals surface area contributed by atoms with E-state index < -0.39 is 0 Å². The number of nitrogens with one attached hydrogen (secondary N) is 1. The van der Waals surface area contributed by atoms with Crippen molar-refractivity contribution in [2.75, 3.05) is 0 Å². The molecule has 0 amide bonds. The summed E-state index contributed by atoms with van der Waals surface area (Å²) in [7, 11) is 0. The van der Waals surface area contributed by atoms with Crippen LogP contribution >= 0.6 is 0 Å². The molecule has 0 saturated carbocycles. The van der Waals surface area contributed by atoms with Crippen molar-refractivity contribution in [3.05, 3.63) is 22.2 Å². The second-order valence-corrected chi connectivity index (χ2v) is 2.25. The summed E-state index contributed by atoms with van der Waals surface area (Å²) >= 11 is 0. The zero-order chi connectivity index (χ0) is 8.27. The molecule has 60 valence electrons. The van der Waals surface area contributed by atoms with Crippen LogP contribution in [0.4, 0.5) is 0 Å². The van der Waals surface area contributed by atoms with Gasteiger partial charge in [0.15, 0.2) is 0 Å². The van der Waals surface area contributed by atoms with Gasteiger partial charge in [0.25, 0.3) is 5.56 Å². The molecule has 0 bridgehead atoms. The summed E-state index contributed by atoms with van der Waals surface area (Å²) in [6.07, 6.45) is 0.671. The summed E-state index contributed by atoms with van der Waals surface area (Å²) in [5.74, 6) is 0.467. The van der Waals surface area contributed by atoms with Crippen molar-refractivity contribution in [3.63, 3.8) is 0 Å². The van der Waals surface area contributed by atoms with Gasteiger partial charge in [-0.05, 0) is 0 Å². The fraction of sp³-hybridized carbons (Fsp3) is 0.429. The summed E-state index contributed by atoms with van der Waals surface area (Å²) in [6.45, 7) is 1.77. The van der Waals surface area contributed by atoms with Crippen LogP contribution in [0.25, 0.3) is 0 Å². The van der Waals surface area contributed by atoms with E-state index in [0.29, 0.717) is 12.2 Å². The first-order valence-electron chi connectivity index (χ1n) is 3.41. The molecule has 1 heterocycles. The third-order valence-electron chi connectivity index (χ3n) is 1.34. The van der Waals surface area contributed by atoms with E-state index >= 15 is 0 Å². The van der Waals surface area contributed by atoms with Crippen LogP contribution in [0.1, 0.15) is 19.1 Å². The van der Waals surface area contributed by atoms with Crippen molar-refractivity contribution in [3.8, 4) is 0 Å². The molecule has 0 fully saturated rings. The summed E-state index contributed by atoms with van der Waals surface area (Å²) in [5.41, 5.74) is -0.302. The maximum Gasteiger partial charge on any atom is 0.280 e. The number of rotatable bonds is 3. The highest BCUT2D eigenvalue weighted by molar-refractivity contribution is 5.79. The Morgan fingerprint density at radius 2 is 2.45 bits per heavy atom. The van der Waals surface area contributed by atoms with Gasteiger partial charge < -0.3 is 4.52 Å². The number of hydrogen-bond acceptors (Lipinski definition) is 3. The lowest BCUT2D eigenvalue weighted by atomic mass is 10.2. The minimum atomic E-state index is -0.302. The highest BCUT2D eigenvalue weighted by atomic mass is 16.5. The minimum Gasteiger partial charge on any atom is -0.383 e. The van der Waals surface area contributed by atoms with Crippen LogP contribution in [-0.2, 0) is 11.2 Å². The number of hydrogen-bond donors (Lipinski definition) is 1. The maximum absolute atomic E-state index is 10.8. The lowest BCUT2D eigenvalue weighted by Crippen LogP contribution is -1.99. The monoisotopic (exact) mass is 155 g/mol. The summed E-state index contributed by atoms with van der Waals surface area (Å²) < 4.78 is 4.68. The molecule has 4 nitrogen and oxygen atoms in total. The van der Waals surface area contributed by atoms with Crippen LogP contribution in [0.2, 0.25) is 0 Å². The van der Waals surface area contributed by atoms with Gasteiger partial charge in [0.2, 0.25) is 0 Å². The number of ketones is 1. The van der Waals surface area contributed by atoms with Gasteiger partial charge in [-0.25, -0.2) is 0 Å². The fourth-order valence-electron chi connectivity index (χ4n) is 0.727. The van der Waals surface area contributed by atoms with E-state index in [2.05, 4.69) is 9.68 Å². The predicted molar refractivity (Wildman–Crippen MR) is 38.3 cm³/mol. The smallest absolute Gasteiger partial charge is 0.280 e. The summed E-state index contributed by atoms with van der Waals surface area (Å²) in [5, 5.41) is 2.12. The van der Waals surface area contributed by atoms with Crippen molar-refractivity contribution in [2.24, 2.45) is 0 Å². The van der Waals surface area contributed by atoms with Gasteiger partial charge >= 0.3 is 0 Å². The Balaban J connectivity index is 2.65. The van der Waals surface area contributed by atoms with Crippen LogP contribution < -0.4 is 5.56 Å². The molecule has 0 unspecified atom stereocenters. The van der Waals surface area contributed by atoms with Crippen molar-refractivity contribution >= 4 is 5.78 Å². The van der Waals surface area contributed by atoms with E-state index in [1.165, 1.54) is 6.07 Å². The first-order chi connectivity index (χ1) is 5.22. The number of carbonyl (C=O) groups excluding carboxylic acids is 1. The van der Waals surface area contributed by atoms with E-state index in [0.717, 1.165) is 0 Å². The molecule has 0 aliphatic heterocycles. The van der Waals surface area contributed by atoms with E-state index in [-0.39, 0.29) is 17.8 Å². The van der Waals surface area contributed by atoms with Gasteiger partial charge in [0.1, 0.15) is 11.5 Å². The fourth-order valence-corrected chi connectivity index (χ4v) is 0.727. The molecule has 1 rings (SSSR count). The average Bonchev–Trinajstić information content (AvgIpc) is 2.35. The third-order valence-corrected chi connectivity index (χ3v) is 1.34. The van der Waals surface area contributed by atoms with E-state index in [1.54, 1.807) is 6.92 Å². The van der Waals surface area contributed by atoms with Gasteiger partial charge in [-0.2, -0.15) is 5.16 Å². The van der Waals surface area contributed by atoms with Gasteiger partial charge in [0, 0.05) is 12.5 Å². The van der Waals surface area contributed by atoms with E-state index in [1.807, 2.05) is 0 Å². The largest absolute Gasteiger partial charge is 0.383 e. The van der Waals surface area contributed by atoms with Crippen molar-refractivity contribution in [1.82, 2.24) is 5.16 Å². The molecule has 0 atom stereocenters. The van der Waals surface area contributed by atoms with Gasteiger partial charge in [-0.1, -0.05) is 6.92 Å². The Kier molecular flexibility index (Phi) is 2.25. The van der Waals surface area contributed by atoms with Crippen LogP contribution in [0, 0.1) is 0 Å². The molecule has 1 aromatic rings. The quantitative estimate of drug-likeness (QED) is 0.690. The van der Waals surface area contributed by atoms with Gasteiger partial charge in [-0.15, -0.1) is 0 Å². The second-order valence-electron chi connectivity index (χ2n) is 2.25. The molecule has 0 aliphatic rings. The molecule has 0 spiro atoms. The number of H-pyrrole nitrogens is 1. The Morgan fingerprint density at radius 1 is 1.73 bits per heavy atom. The molecule has 4 heteroatoms. The van der Waals surface area contributed by atoms with Crippen LogP contribution in [0.5, 0.6) is 0 Å². The van der Waals surface area contributed by atoms with Gasteiger partial charge in [-0.3, -0.25) is 9.59 Å². The zero-order valence-corrected chi connectivity index (χ0v) is 6.22. The summed E-state index contributed by atoms with van der Waals surface area (Å²) in [6, 6.07) is 1.29. The Morgan fingerprint density at radius 3 is 2.91 bits per heavy atom. The lowest BCUT2D eigenvalue weighted by Gasteiger charge is -1.89. The van der Waals surface area contributed by atoms with Crippen LogP contribution in [0.3, 0.4) is 0 Å². The van der Waals surface area contributed by atoms with Crippen molar-refractivity contribution < 1.29 is 9.32 Å². The number of aromatic nitrogens is 1. The molecule has 0 aromatic carbocycles. The molecular weight excluding hydrogens is 146 g/mol. The molecule has 0 saturated heterocycles. The number of carbonyl (C=O) groups is 1. The average molecular weight is 155 g/mol. The van der Waals surface area contributed by atoms with Gasteiger partial charge in [0.05, 0.1) is 6.42 Å². The SMILES string of the molecule is CCC(=O)Cc1cc(=O)[nH]o1. The molecule has 1 aromatic heterocycles. The van der Waals surface area contributed by atoms with Crippen molar-refractivity contribution in [2.45, 2.75) is 19.8 Å². The maximum atomic E-state index is 10.8. The Bertz CT molecular complexity index is 297. The highest BCUT2D eigenvalue weighted by Crippen LogP contribution is 1.96. The first-order valence-corrected chi connectivity index (χ1v) is 3.41. The van der Waals surface area contributed by atoms with Crippen LogP contribution in [-0.4, -0.2) is 10.9 Å². The van der Waals surface area contributed by atoms with E-state index in [4.69, 9.17) is 0 Å². The normalized spacial score (nSPS) is 9.91. The third kappa shape index (κ3) is 2.07. The predicted octanol–water partition coefficient (Wildman–Crippen LogP) is 0.489. The lowest BCUT2D eigenvalue weighted by molar-refractivity contribution is -0.118. The molecule has 1 N–H and O–H groups in total.